The summed E-state index contributed by atoms with van der Waals surface area (Å²) in [5.41, 5.74) is 2.07. The quantitative estimate of drug-likeness (QED) is 0.486. The molecule has 26 heavy (non-hydrogen) atoms. The van der Waals surface area contributed by atoms with Crippen LogP contribution < -0.4 is 9.47 Å². The molecule has 0 radical (unpaired) electrons. The Morgan fingerprint density at radius 1 is 1.31 bits per heavy atom. The molecule has 1 atom stereocenters. The van der Waals surface area contributed by atoms with Crippen LogP contribution in [0.15, 0.2) is 41.6 Å². The van der Waals surface area contributed by atoms with Gasteiger partial charge in [-0.3, -0.25) is 0 Å². The van der Waals surface area contributed by atoms with Gasteiger partial charge in [0, 0.05) is 11.1 Å². The monoisotopic (exact) mass is 372 g/mol. The Morgan fingerprint density at radius 3 is 2.77 bits per heavy atom. The molecular weight excluding hydrogens is 352 g/mol. The number of rotatable bonds is 8. The van der Waals surface area contributed by atoms with Crippen LogP contribution in [0.1, 0.15) is 37.0 Å². The van der Waals surface area contributed by atoms with E-state index in [1.54, 1.807) is 25.3 Å². The summed E-state index contributed by atoms with van der Waals surface area (Å²) in [7, 11) is 1.56. The summed E-state index contributed by atoms with van der Waals surface area (Å²) in [4.78, 5) is 5.29. The van der Waals surface area contributed by atoms with E-state index in [1.165, 1.54) is 6.21 Å². The van der Waals surface area contributed by atoms with Gasteiger partial charge in [0.1, 0.15) is 6.61 Å². The largest absolute Gasteiger partial charge is 0.493 e. The van der Waals surface area contributed by atoms with Gasteiger partial charge in [-0.2, -0.15) is 5.26 Å². The lowest BCUT2D eigenvalue weighted by molar-refractivity contribution is 0.132. The molecule has 2 aromatic rings. The second-order valence-corrected chi connectivity index (χ2v) is 6.05. The molecule has 0 unspecified atom stereocenters. The van der Waals surface area contributed by atoms with E-state index in [9.17, 15) is 0 Å². The predicted molar refractivity (Wildman–Crippen MR) is 102 cm³/mol. The molecule has 0 N–H and O–H groups in total. The van der Waals surface area contributed by atoms with Gasteiger partial charge in [0.05, 0.1) is 36.1 Å². The normalized spacial score (nSPS) is 11.8. The smallest absolute Gasteiger partial charge is 0.180 e. The molecule has 0 saturated carbocycles. The molecule has 5 nitrogen and oxygen atoms in total. The first-order chi connectivity index (χ1) is 12.6. The predicted octanol–water partition coefficient (Wildman–Crippen LogP) is 4.95. The average Bonchev–Trinajstić information content (AvgIpc) is 2.67. The SMILES string of the molecule is CC[C@@H](C)Oc1c(Cl)cc(/C=N\OCc2ccccc2C#N)cc1OC. The Balaban J connectivity index is 2.08. The fraction of sp³-hybridized carbons (Fsp3) is 0.300. The Kier molecular flexibility index (Phi) is 7.31. The van der Waals surface area contributed by atoms with Crippen LogP contribution in [0.4, 0.5) is 0 Å². The molecule has 0 fully saturated rings. The van der Waals surface area contributed by atoms with Gasteiger partial charge in [0.25, 0.3) is 0 Å². The zero-order valence-electron chi connectivity index (χ0n) is 15.0. The van der Waals surface area contributed by atoms with Crippen molar-refractivity contribution < 1.29 is 14.3 Å². The number of hydrogen-bond acceptors (Lipinski definition) is 5. The summed E-state index contributed by atoms with van der Waals surface area (Å²) >= 11 is 6.32. The van der Waals surface area contributed by atoms with E-state index in [1.807, 2.05) is 32.0 Å². The van der Waals surface area contributed by atoms with Crippen molar-refractivity contribution in [1.82, 2.24) is 0 Å². The van der Waals surface area contributed by atoms with Gasteiger partial charge in [-0.15, -0.1) is 0 Å². The highest BCUT2D eigenvalue weighted by Gasteiger charge is 2.14. The number of ether oxygens (including phenoxy) is 2. The molecule has 136 valence electrons. The van der Waals surface area contributed by atoms with E-state index in [0.29, 0.717) is 22.1 Å². The van der Waals surface area contributed by atoms with E-state index in [2.05, 4.69) is 11.2 Å². The fourth-order valence-corrected chi connectivity index (χ4v) is 2.44. The maximum absolute atomic E-state index is 9.06. The summed E-state index contributed by atoms with van der Waals surface area (Å²) in [6, 6.07) is 12.9. The second-order valence-electron chi connectivity index (χ2n) is 5.65. The van der Waals surface area contributed by atoms with E-state index < -0.39 is 0 Å². The standard InChI is InChI=1S/C20H21ClN2O3/c1-4-14(2)26-20-18(21)9-15(10-19(20)24-3)12-23-25-13-17-8-6-5-7-16(17)11-22/h5-10,12,14H,4,13H2,1-3H3/b23-12-/t14-/m1/s1. The number of hydrogen-bond donors (Lipinski definition) is 0. The van der Waals surface area contributed by atoms with Crippen molar-refractivity contribution in [2.75, 3.05) is 7.11 Å². The molecule has 2 aromatic carbocycles. The number of methoxy groups -OCH3 is 1. The van der Waals surface area contributed by atoms with E-state index >= 15 is 0 Å². The van der Waals surface area contributed by atoms with Crippen LogP contribution >= 0.6 is 11.6 Å². The van der Waals surface area contributed by atoms with E-state index in [-0.39, 0.29) is 12.7 Å². The van der Waals surface area contributed by atoms with Gasteiger partial charge < -0.3 is 14.3 Å². The number of benzene rings is 2. The van der Waals surface area contributed by atoms with Crippen LogP contribution in [-0.2, 0) is 11.4 Å². The van der Waals surface area contributed by atoms with Crippen molar-refractivity contribution in [3.8, 4) is 17.6 Å². The zero-order chi connectivity index (χ0) is 18.9. The minimum Gasteiger partial charge on any atom is -0.493 e. The second kappa shape index (κ2) is 9.69. The number of nitriles is 1. The Bertz CT molecular complexity index is 815. The van der Waals surface area contributed by atoms with Gasteiger partial charge in [0.15, 0.2) is 11.5 Å². The molecule has 0 aliphatic heterocycles. The Labute approximate surface area is 158 Å². The minimum absolute atomic E-state index is 0.0319. The highest BCUT2D eigenvalue weighted by molar-refractivity contribution is 6.32. The molecule has 0 aliphatic rings. The average molecular weight is 373 g/mol. The highest BCUT2D eigenvalue weighted by atomic mass is 35.5. The van der Waals surface area contributed by atoms with Gasteiger partial charge in [-0.05, 0) is 31.5 Å². The maximum atomic E-state index is 9.06. The third-order valence-corrected chi connectivity index (χ3v) is 4.06. The first kappa shape index (κ1) is 19.6. The van der Waals surface area contributed by atoms with E-state index in [0.717, 1.165) is 17.5 Å². The third-order valence-electron chi connectivity index (χ3n) is 3.78. The zero-order valence-corrected chi connectivity index (χ0v) is 15.8. The molecule has 0 amide bonds. The molecule has 0 saturated heterocycles. The summed E-state index contributed by atoms with van der Waals surface area (Å²) < 4.78 is 11.2. The summed E-state index contributed by atoms with van der Waals surface area (Å²) in [6.45, 7) is 4.21. The maximum Gasteiger partial charge on any atom is 0.180 e. The molecule has 0 bridgehead atoms. The molecular formula is C20H21ClN2O3. The van der Waals surface area contributed by atoms with Crippen LogP contribution in [-0.4, -0.2) is 19.4 Å². The summed E-state index contributed by atoms with van der Waals surface area (Å²) in [5.74, 6) is 1.05. The van der Waals surface area contributed by atoms with Crippen molar-refractivity contribution in [3.05, 3.63) is 58.1 Å². The molecule has 0 aromatic heterocycles. The lowest BCUT2D eigenvalue weighted by atomic mass is 10.1. The number of halogens is 1. The molecule has 6 heteroatoms. The minimum atomic E-state index is 0.0319. The molecule has 2 rings (SSSR count). The first-order valence-electron chi connectivity index (χ1n) is 8.26. The van der Waals surface area contributed by atoms with Crippen LogP contribution in [0, 0.1) is 11.3 Å². The number of nitrogens with zero attached hydrogens (tertiary/aromatic N) is 2. The van der Waals surface area contributed by atoms with Crippen LogP contribution in [0.5, 0.6) is 11.5 Å². The van der Waals surface area contributed by atoms with Gasteiger partial charge in [-0.25, -0.2) is 0 Å². The van der Waals surface area contributed by atoms with Crippen molar-refractivity contribution in [1.29, 1.82) is 5.26 Å². The lowest BCUT2D eigenvalue weighted by Gasteiger charge is -2.17. The lowest BCUT2D eigenvalue weighted by Crippen LogP contribution is -2.11. The Morgan fingerprint density at radius 2 is 2.08 bits per heavy atom. The summed E-state index contributed by atoms with van der Waals surface area (Å²) in [6.07, 6.45) is 2.43. The van der Waals surface area contributed by atoms with E-state index in [4.69, 9.17) is 31.2 Å². The van der Waals surface area contributed by atoms with Crippen molar-refractivity contribution >= 4 is 17.8 Å². The highest BCUT2D eigenvalue weighted by Crippen LogP contribution is 2.37. The van der Waals surface area contributed by atoms with Crippen molar-refractivity contribution in [3.63, 3.8) is 0 Å². The van der Waals surface area contributed by atoms with Gasteiger partial charge in [-0.1, -0.05) is 41.9 Å². The Hall–Kier alpha value is -2.71. The first-order valence-corrected chi connectivity index (χ1v) is 8.64. The molecule has 0 heterocycles. The third kappa shape index (κ3) is 5.14. The van der Waals surface area contributed by atoms with Crippen LogP contribution in [0.2, 0.25) is 5.02 Å². The van der Waals surface area contributed by atoms with Crippen molar-refractivity contribution in [2.24, 2.45) is 5.16 Å². The van der Waals surface area contributed by atoms with Gasteiger partial charge in [0.2, 0.25) is 0 Å². The molecule has 0 spiro atoms. The van der Waals surface area contributed by atoms with Crippen LogP contribution in [0.25, 0.3) is 0 Å². The topological polar surface area (TPSA) is 63.8 Å². The number of oxime groups is 1. The van der Waals surface area contributed by atoms with Gasteiger partial charge >= 0.3 is 0 Å². The van der Waals surface area contributed by atoms with Crippen LogP contribution in [0.3, 0.4) is 0 Å². The molecule has 0 aliphatic carbocycles. The van der Waals surface area contributed by atoms with Crippen molar-refractivity contribution in [2.45, 2.75) is 33.0 Å². The fourth-order valence-electron chi connectivity index (χ4n) is 2.17. The summed E-state index contributed by atoms with van der Waals surface area (Å²) in [5, 5.41) is 13.5.